The molecule has 51 heavy (non-hydrogen) atoms. The number of benzene rings is 2. The Morgan fingerprint density at radius 2 is 1.18 bits per heavy atom. The lowest BCUT2D eigenvalue weighted by Crippen LogP contribution is -2.37. The highest BCUT2D eigenvalue weighted by atomic mass is 19.4. The molecule has 4 aromatic rings. The number of hydrogen-bond acceptors (Lipinski definition) is 6. The predicted molar refractivity (Wildman–Crippen MR) is 172 cm³/mol. The molecule has 6 rings (SSSR count). The van der Waals surface area contributed by atoms with Crippen LogP contribution in [0.1, 0.15) is 46.5 Å². The normalized spacial score (nSPS) is 15.2. The fraction of sp³-hybridized carbons (Fsp3) is 0.333. The molecule has 2 saturated heterocycles. The second kappa shape index (κ2) is 15.4. The van der Waals surface area contributed by atoms with Gasteiger partial charge in [-0.1, -0.05) is 18.2 Å². The molecule has 2 fully saturated rings. The van der Waals surface area contributed by atoms with E-state index in [1.807, 2.05) is 0 Å². The van der Waals surface area contributed by atoms with Gasteiger partial charge in [-0.2, -0.15) is 26.3 Å². The van der Waals surface area contributed by atoms with Crippen molar-refractivity contribution in [2.45, 2.75) is 52.1 Å². The Hall–Kier alpha value is -5.21. The van der Waals surface area contributed by atoms with Crippen molar-refractivity contribution in [3.8, 4) is 22.3 Å². The number of pyridine rings is 2. The third-order valence-electron chi connectivity index (χ3n) is 8.35. The van der Waals surface area contributed by atoms with Gasteiger partial charge in [-0.15, -0.1) is 0 Å². The number of carbonyl (C=O) groups excluding carboxylic acids is 2. The van der Waals surface area contributed by atoms with Crippen LogP contribution in [0.5, 0.6) is 0 Å². The summed E-state index contributed by atoms with van der Waals surface area (Å²) in [7, 11) is 0. The van der Waals surface area contributed by atoms with Crippen LogP contribution in [0.2, 0.25) is 0 Å². The van der Waals surface area contributed by atoms with Gasteiger partial charge in [0.15, 0.2) is 0 Å². The van der Waals surface area contributed by atoms with Crippen LogP contribution in [0.15, 0.2) is 67.0 Å². The van der Waals surface area contributed by atoms with Crippen molar-refractivity contribution in [3.05, 3.63) is 106 Å². The first-order valence-electron chi connectivity index (χ1n) is 15.9. The van der Waals surface area contributed by atoms with Crippen LogP contribution in [-0.4, -0.2) is 58.3 Å². The summed E-state index contributed by atoms with van der Waals surface area (Å²) in [4.78, 5) is 35.1. The SMILES string of the molecule is Cc1ncc(-c2ccc(F)c(C(F)(F)F)c2)cc1CN1CCCOC1=O.Cc1ncc(-c2cccc(C(F)(F)F)c2)cc1CN1CCCOC1=O. The van der Waals surface area contributed by atoms with Crippen molar-refractivity contribution >= 4 is 12.2 Å². The first-order chi connectivity index (χ1) is 24.1. The van der Waals surface area contributed by atoms with Gasteiger partial charge in [0.25, 0.3) is 0 Å². The van der Waals surface area contributed by atoms with E-state index in [0.29, 0.717) is 67.2 Å². The number of alkyl halides is 6. The number of carbonyl (C=O) groups is 2. The van der Waals surface area contributed by atoms with E-state index in [9.17, 15) is 40.3 Å². The molecular formula is C36H33F7N4O4. The molecule has 0 saturated carbocycles. The average Bonchev–Trinajstić information content (AvgIpc) is 3.08. The Morgan fingerprint density at radius 3 is 1.65 bits per heavy atom. The molecule has 2 aliphatic rings. The lowest BCUT2D eigenvalue weighted by Gasteiger charge is -2.26. The summed E-state index contributed by atoms with van der Waals surface area (Å²) in [5.74, 6) is -1.32. The lowest BCUT2D eigenvalue weighted by molar-refractivity contribution is -0.140. The maximum atomic E-state index is 13.5. The number of nitrogens with zero attached hydrogens (tertiary/aromatic N) is 4. The fourth-order valence-electron chi connectivity index (χ4n) is 5.48. The molecule has 0 aliphatic carbocycles. The molecule has 4 heterocycles. The first-order valence-corrected chi connectivity index (χ1v) is 15.9. The quantitative estimate of drug-likeness (QED) is 0.185. The molecule has 0 unspecified atom stereocenters. The molecule has 2 aromatic heterocycles. The van der Waals surface area contributed by atoms with Crippen LogP contribution in [0.25, 0.3) is 22.3 Å². The molecule has 2 aliphatic heterocycles. The summed E-state index contributed by atoms with van der Waals surface area (Å²) in [6.07, 6.45) is -5.54. The highest BCUT2D eigenvalue weighted by Crippen LogP contribution is 2.35. The van der Waals surface area contributed by atoms with Gasteiger partial charge in [0.1, 0.15) is 5.82 Å². The van der Waals surface area contributed by atoms with E-state index in [1.54, 1.807) is 43.1 Å². The van der Waals surface area contributed by atoms with Gasteiger partial charge in [-0.05, 0) is 85.3 Å². The molecule has 2 amide bonds. The highest BCUT2D eigenvalue weighted by molar-refractivity contribution is 5.70. The topological polar surface area (TPSA) is 84.9 Å². The first kappa shape index (κ1) is 37.1. The minimum atomic E-state index is -4.78. The van der Waals surface area contributed by atoms with Gasteiger partial charge in [0, 0.05) is 48.0 Å². The van der Waals surface area contributed by atoms with Crippen LogP contribution >= 0.6 is 0 Å². The van der Waals surface area contributed by atoms with Crippen LogP contribution < -0.4 is 0 Å². The molecule has 0 radical (unpaired) electrons. The monoisotopic (exact) mass is 718 g/mol. The van der Waals surface area contributed by atoms with Crippen LogP contribution in [0.4, 0.5) is 40.3 Å². The van der Waals surface area contributed by atoms with E-state index >= 15 is 0 Å². The van der Waals surface area contributed by atoms with Crippen molar-refractivity contribution in [1.82, 2.24) is 19.8 Å². The zero-order chi connectivity index (χ0) is 36.9. The van der Waals surface area contributed by atoms with Crippen LogP contribution in [-0.2, 0) is 34.9 Å². The fourth-order valence-corrected chi connectivity index (χ4v) is 5.48. The number of aryl methyl sites for hydroxylation is 2. The van der Waals surface area contributed by atoms with E-state index in [1.165, 1.54) is 23.2 Å². The highest BCUT2D eigenvalue weighted by Gasteiger charge is 2.34. The van der Waals surface area contributed by atoms with Gasteiger partial charge < -0.3 is 19.3 Å². The second-order valence-electron chi connectivity index (χ2n) is 12.0. The third-order valence-corrected chi connectivity index (χ3v) is 8.35. The number of halogens is 7. The maximum Gasteiger partial charge on any atom is 0.419 e. The molecule has 2 aromatic carbocycles. The zero-order valence-corrected chi connectivity index (χ0v) is 27.6. The minimum absolute atomic E-state index is 0.202. The summed E-state index contributed by atoms with van der Waals surface area (Å²) in [6, 6.07) is 11.4. The summed E-state index contributed by atoms with van der Waals surface area (Å²) in [5, 5.41) is 0. The molecular weight excluding hydrogens is 685 g/mol. The molecule has 0 bridgehead atoms. The summed E-state index contributed by atoms with van der Waals surface area (Å²) >= 11 is 0. The van der Waals surface area contributed by atoms with Gasteiger partial charge in [0.2, 0.25) is 0 Å². The Labute approximate surface area is 288 Å². The average molecular weight is 719 g/mol. The van der Waals surface area contributed by atoms with Crippen molar-refractivity contribution in [2.24, 2.45) is 0 Å². The van der Waals surface area contributed by atoms with Gasteiger partial charge in [0.05, 0.1) is 37.4 Å². The Bertz CT molecular complexity index is 1900. The summed E-state index contributed by atoms with van der Waals surface area (Å²) < 4.78 is 101. The molecule has 15 heteroatoms. The standard InChI is InChI=1S/C18H16F4N2O2.C18H17F3N2O2/c1-11-14(10-24-5-2-6-26-17(24)25)7-13(9-23-11)12-3-4-16(19)15(8-12)18(20,21)22;1-12-15(11-23-6-3-7-25-17(23)24)8-14(10-22-12)13-4-2-5-16(9-13)18(19,20)21/h3-4,7-9H,2,5-6,10H2,1H3;2,4-5,8-10H,3,6-7,11H2,1H3. The molecule has 0 atom stereocenters. The zero-order valence-electron chi connectivity index (χ0n) is 27.6. The number of amides is 2. The van der Waals surface area contributed by atoms with E-state index in [2.05, 4.69) is 9.97 Å². The largest absolute Gasteiger partial charge is 0.449 e. The number of cyclic esters (lactones) is 2. The smallest absolute Gasteiger partial charge is 0.419 e. The molecule has 0 spiro atoms. The van der Waals surface area contributed by atoms with Gasteiger partial charge >= 0.3 is 24.5 Å². The molecule has 0 N–H and O–H groups in total. The number of hydrogen-bond donors (Lipinski definition) is 0. The van der Waals surface area contributed by atoms with Crippen molar-refractivity contribution in [3.63, 3.8) is 0 Å². The third kappa shape index (κ3) is 9.32. The molecule has 270 valence electrons. The van der Waals surface area contributed by atoms with E-state index in [0.717, 1.165) is 41.9 Å². The van der Waals surface area contributed by atoms with Crippen LogP contribution in [0, 0.1) is 19.7 Å². The van der Waals surface area contributed by atoms with Gasteiger partial charge in [-0.3, -0.25) is 9.97 Å². The lowest BCUT2D eigenvalue weighted by atomic mass is 10.0. The van der Waals surface area contributed by atoms with E-state index in [-0.39, 0.29) is 18.2 Å². The maximum absolute atomic E-state index is 13.5. The Morgan fingerprint density at radius 1 is 0.667 bits per heavy atom. The summed E-state index contributed by atoms with van der Waals surface area (Å²) in [5.41, 5.74) is 2.48. The van der Waals surface area contributed by atoms with Crippen molar-refractivity contribution in [2.75, 3.05) is 26.3 Å². The Kier molecular flexibility index (Phi) is 11.2. The van der Waals surface area contributed by atoms with Crippen molar-refractivity contribution in [1.29, 1.82) is 0 Å². The predicted octanol–water partition coefficient (Wildman–Crippen LogP) is 8.98. The second-order valence-corrected chi connectivity index (χ2v) is 12.0. The van der Waals surface area contributed by atoms with Gasteiger partial charge in [-0.25, -0.2) is 14.0 Å². The summed E-state index contributed by atoms with van der Waals surface area (Å²) in [6.45, 7) is 6.05. The minimum Gasteiger partial charge on any atom is -0.449 e. The van der Waals surface area contributed by atoms with E-state index in [4.69, 9.17) is 9.47 Å². The Balaban J connectivity index is 0.000000198. The van der Waals surface area contributed by atoms with Crippen molar-refractivity contribution < 1.29 is 49.8 Å². The number of rotatable bonds is 6. The van der Waals surface area contributed by atoms with E-state index < -0.39 is 35.4 Å². The molecule has 8 nitrogen and oxygen atoms in total. The van der Waals surface area contributed by atoms with Crippen LogP contribution in [0.3, 0.4) is 0 Å². The number of aromatic nitrogens is 2. The number of ether oxygens (including phenoxy) is 2.